The predicted octanol–water partition coefficient (Wildman–Crippen LogP) is 2.74. The third-order valence-electron chi connectivity index (χ3n) is 2.30. The van der Waals surface area contributed by atoms with Crippen LogP contribution in [0.4, 0.5) is 10.1 Å². The van der Waals surface area contributed by atoms with Gasteiger partial charge in [-0.15, -0.1) is 0 Å². The van der Waals surface area contributed by atoms with Crippen molar-refractivity contribution in [1.82, 2.24) is 0 Å². The number of benzene rings is 1. The van der Waals surface area contributed by atoms with E-state index >= 15 is 0 Å². The van der Waals surface area contributed by atoms with Crippen molar-refractivity contribution in [3.63, 3.8) is 0 Å². The van der Waals surface area contributed by atoms with Crippen molar-refractivity contribution in [2.45, 2.75) is 18.8 Å². The highest BCUT2D eigenvalue weighted by atomic mass is 19.1. The fourth-order valence-corrected chi connectivity index (χ4v) is 1.41. The molecule has 1 aromatic rings. The van der Waals surface area contributed by atoms with Gasteiger partial charge in [0.2, 0.25) is 0 Å². The number of hydrogen-bond acceptors (Lipinski definition) is 1. The van der Waals surface area contributed by atoms with Gasteiger partial charge in [0, 0.05) is 12.7 Å². The summed E-state index contributed by atoms with van der Waals surface area (Å²) in [6.45, 7) is 0. The zero-order valence-electron chi connectivity index (χ0n) is 7.10. The molecule has 1 aliphatic carbocycles. The zero-order valence-corrected chi connectivity index (χ0v) is 7.10. The molecule has 1 fully saturated rings. The van der Waals surface area contributed by atoms with Crippen LogP contribution < -0.4 is 5.32 Å². The minimum atomic E-state index is -0.0588. The van der Waals surface area contributed by atoms with Gasteiger partial charge in [0.15, 0.2) is 0 Å². The highest BCUT2D eigenvalue weighted by Gasteiger charge is 2.26. The van der Waals surface area contributed by atoms with E-state index in [4.69, 9.17) is 0 Å². The summed E-state index contributed by atoms with van der Waals surface area (Å²) in [6, 6.07) is 5.22. The summed E-state index contributed by atoms with van der Waals surface area (Å²) in [5, 5.41) is 3.01. The summed E-state index contributed by atoms with van der Waals surface area (Å²) < 4.78 is 13.2. The SMILES string of the molecule is CNc1ccc(F)c(C2CC2)c1. The Morgan fingerprint density at radius 1 is 1.42 bits per heavy atom. The van der Waals surface area contributed by atoms with Crippen molar-refractivity contribution in [1.29, 1.82) is 0 Å². The standard InChI is InChI=1S/C10H12FN/c1-12-8-4-5-10(11)9(6-8)7-2-3-7/h4-7,12H,2-3H2,1H3. The minimum Gasteiger partial charge on any atom is -0.388 e. The molecule has 0 atom stereocenters. The maximum Gasteiger partial charge on any atom is 0.126 e. The van der Waals surface area contributed by atoms with Gasteiger partial charge in [-0.3, -0.25) is 0 Å². The van der Waals surface area contributed by atoms with Gasteiger partial charge < -0.3 is 5.32 Å². The Morgan fingerprint density at radius 3 is 2.75 bits per heavy atom. The molecule has 1 N–H and O–H groups in total. The smallest absolute Gasteiger partial charge is 0.126 e. The largest absolute Gasteiger partial charge is 0.388 e. The first-order valence-corrected chi connectivity index (χ1v) is 4.28. The van der Waals surface area contributed by atoms with E-state index in [0.29, 0.717) is 5.92 Å². The highest BCUT2D eigenvalue weighted by molar-refractivity contribution is 5.47. The van der Waals surface area contributed by atoms with Gasteiger partial charge in [-0.2, -0.15) is 0 Å². The van der Waals surface area contributed by atoms with Gasteiger partial charge in [-0.25, -0.2) is 4.39 Å². The van der Waals surface area contributed by atoms with E-state index in [2.05, 4.69) is 5.32 Å². The van der Waals surface area contributed by atoms with Gasteiger partial charge in [-0.05, 0) is 42.5 Å². The first kappa shape index (κ1) is 7.59. The Bertz CT molecular complexity index is 292. The van der Waals surface area contributed by atoms with Gasteiger partial charge >= 0.3 is 0 Å². The summed E-state index contributed by atoms with van der Waals surface area (Å²) in [5.41, 5.74) is 1.88. The lowest BCUT2D eigenvalue weighted by Gasteiger charge is -2.04. The second-order valence-corrected chi connectivity index (χ2v) is 3.26. The molecule has 12 heavy (non-hydrogen) atoms. The molecule has 0 spiro atoms. The Labute approximate surface area is 71.6 Å². The van der Waals surface area contributed by atoms with E-state index in [-0.39, 0.29) is 5.82 Å². The average Bonchev–Trinajstić information content (AvgIpc) is 2.88. The third-order valence-corrected chi connectivity index (χ3v) is 2.30. The summed E-state index contributed by atoms with van der Waals surface area (Å²) in [7, 11) is 1.85. The number of nitrogens with one attached hydrogen (secondary N) is 1. The molecule has 0 aromatic heterocycles. The molecule has 0 amide bonds. The Kier molecular flexibility index (Phi) is 1.75. The van der Waals surface area contributed by atoms with Crippen molar-refractivity contribution >= 4 is 5.69 Å². The fourth-order valence-electron chi connectivity index (χ4n) is 1.41. The Hall–Kier alpha value is -1.05. The van der Waals surface area contributed by atoms with Crippen molar-refractivity contribution in [2.75, 3.05) is 12.4 Å². The van der Waals surface area contributed by atoms with Crippen LogP contribution in [0.15, 0.2) is 18.2 Å². The maximum absolute atomic E-state index is 13.2. The van der Waals surface area contributed by atoms with Crippen LogP contribution in [0.25, 0.3) is 0 Å². The van der Waals surface area contributed by atoms with Crippen LogP contribution in [0.3, 0.4) is 0 Å². The predicted molar refractivity (Wildman–Crippen MR) is 47.9 cm³/mol. The van der Waals surface area contributed by atoms with Crippen molar-refractivity contribution in [3.8, 4) is 0 Å². The first-order valence-electron chi connectivity index (χ1n) is 4.28. The number of anilines is 1. The zero-order chi connectivity index (χ0) is 8.55. The normalized spacial score (nSPS) is 16.2. The van der Waals surface area contributed by atoms with Gasteiger partial charge in [-0.1, -0.05) is 0 Å². The van der Waals surface area contributed by atoms with Crippen LogP contribution in [0.1, 0.15) is 24.3 Å². The summed E-state index contributed by atoms with van der Waals surface area (Å²) in [6.07, 6.45) is 2.29. The monoisotopic (exact) mass is 165 g/mol. The summed E-state index contributed by atoms with van der Waals surface area (Å²) >= 11 is 0. The molecule has 1 nitrogen and oxygen atoms in total. The van der Waals surface area contributed by atoms with Crippen LogP contribution in [0.2, 0.25) is 0 Å². The third kappa shape index (κ3) is 1.29. The van der Waals surface area contributed by atoms with Gasteiger partial charge in [0.05, 0.1) is 0 Å². The maximum atomic E-state index is 13.2. The Balaban J connectivity index is 2.36. The van der Waals surface area contributed by atoms with Crippen molar-refractivity contribution in [3.05, 3.63) is 29.6 Å². The van der Waals surface area contributed by atoms with Gasteiger partial charge in [0.1, 0.15) is 5.82 Å². The summed E-state index contributed by atoms with van der Waals surface area (Å²) in [4.78, 5) is 0. The van der Waals surface area contributed by atoms with E-state index in [1.54, 1.807) is 12.1 Å². The molecule has 0 saturated heterocycles. The average molecular weight is 165 g/mol. The molecule has 0 radical (unpaired) electrons. The fraction of sp³-hybridized carbons (Fsp3) is 0.400. The molecule has 1 saturated carbocycles. The van der Waals surface area contributed by atoms with E-state index in [9.17, 15) is 4.39 Å². The summed E-state index contributed by atoms with van der Waals surface area (Å²) in [5.74, 6) is 0.426. The van der Waals surface area contributed by atoms with Crippen LogP contribution in [0.5, 0.6) is 0 Å². The van der Waals surface area contributed by atoms with Crippen molar-refractivity contribution in [2.24, 2.45) is 0 Å². The minimum absolute atomic E-state index is 0.0588. The molecular weight excluding hydrogens is 153 g/mol. The van der Waals surface area contributed by atoms with E-state index in [0.717, 1.165) is 24.1 Å². The van der Waals surface area contributed by atoms with Crippen LogP contribution >= 0.6 is 0 Å². The van der Waals surface area contributed by atoms with Crippen LogP contribution in [-0.2, 0) is 0 Å². The molecule has 0 unspecified atom stereocenters. The molecule has 64 valence electrons. The molecular formula is C10H12FN. The van der Waals surface area contributed by atoms with E-state index < -0.39 is 0 Å². The number of hydrogen-bond donors (Lipinski definition) is 1. The van der Waals surface area contributed by atoms with Crippen LogP contribution in [0, 0.1) is 5.82 Å². The number of rotatable bonds is 2. The molecule has 1 aliphatic rings. The lowest BCUT2D eigenvalue weighted by Crippen LogP contribution is -1.92. The molecule has 2 heteroatoms. The van der Waals surface area contributed by atoms with E-state index in [1.165, 1.54) is 0 Å². The first-order chi connectivity index (χ1) is 5.81. The van der Waals surface area contributed by atoms with Crippen molar-refractivity contribution < 1.29 is 4.39 Å². The second kappa shape index (κ2) is 2.77. The lowest BCUT2D eigenvalue weighted by molar-refractivity contribution is 0.611. The Morgan fingerprint density at radius 2 is 2.17 bits per heavy atom. The second-order valence-electron chi connectivity index (χ2n) is 3.26. The molecule has 0 heterocycles. The molecule has 0 bridgehead atoms. The molecule has 0 aliphatic heterocycles. The van der Waals surface area contributed by atoms with Crippen LogP contribution in [-0.4, -0.2) is 7.05 Å². The topological polar surface area (TPSA) is 12.0 Å². The molecule has 1 aromatic carbocycles. The van der Waals surface area contributed by atoms with Gasteiger partial charge in [0.25, 0.3) is 0 Å². The molecule has 2 rings (SSSR count). The highest BCUT2D eigenvalue weighted by Crippen LogP contribution is 2.41. The number of halogens is 1. The van der Waals surface area contributed by atoms with E-state index in [1.807, 2.05) is 13.1 Å². The lowest BCUT2D eigenvalue weighted by atomic mass is 10.1. The quantitative estimate of drug-likeness (QED) is 0.710.